The normalized spacial score (nSPS) is 11.7. The summed E-state index contributed by atoms with van der Waals surface area (Å²) >= 11 is 0. The molecule has 3 rings (SSSR count). The Hall–Kier alpha value is -2.28. The van der Waals surface area contributed by atoms with Crippen LogP contribution in [0, 0.1) is 27.7 Å². The largest absolute Gasteiger partial charge is 0.546 e. The number of hydrogen-bond donors (Lipinski definition) is 1. The van der Waals surface area contributed by atoms with Crippen molar-refractivity contribution in [3.05, 3.63) is 75.8 Å². The molecule has 0 spiro atoms. The number of unbranched alkanes of at least 4 members (excludes halogenated alkanes) is 6. The van der Waals surface area contributed by atoms with Crippen molar-refractivity contribution >= 4 is 13.3 Å². The lowest BCUT2D eigenvalue weighted by molar-refractivity contribution is 0.513. The third-order valence-corrected chi connectivity index (χ3v) is 8.99. The van der Waals surface area contributed by atoms with Gasteiger partial charge < -0.3 is 0 Å². The molecule has 3 heteroatoms. The number of aryl methyl sites for hydroxylation is 2. The molecule has 0 fully saturated rings. The van der Waals surface area contributed by atoms with Gasteiger partial charge in [0, 0.05) is 5.56 Å². The summed E-state index contributed by atoms with van der Waals surface area (Å²) in [4.78, 5) is 10.3. The van der Waals surface area contributed by atoms with Crippen molar-refractivity contribution in [1.29, 1.82) is 0 Å². The van der Waals surface area contributed by atoms with E-state index in [9.17, 15) is 9.46 Å². The van der Waals surface area contributed by atoms with Gasteiger partial charge in [-0.15, -0.1) is 0 Å². The van der Waals surface area contributed by atoms with Gasteiger partial charge >= 0.3 is 8.03 Å². The van der Waals surface area contributed by atoms with Crippen molar-refractivity contribution in [1.82, 2.24) is 0 Å². The fourth-order valence-corrected chi connectivity index (χ4v) is 6.20. The fraction of sp³-hybridized carbons (Fsp3) is 0.471. The number of rotatable bonds is 13. The summed E-state index contributed by atoms with van der Waals surface area (Å²) in [6.07, 6.45) is 12.3. The predicted octanol–water partition coefficient (Wildman–Crippen LogP) is 9.86. The molecule has 3 aromatic rings. The van der Waals surface area contributed by atoms with Crippen molar-refractivity contribution in [3.8, 4) is 22.3 Å². The first-order valence-electron chi connectivity index (χ1n) is 14.3. The maximum atomic E-state index is 12.6. The molecule has 1 atom stereocenters. The van der Waals surface area contributed by atoms with Gasteiger partial charge in [-0.2, -0.15) is 4.89 Å². The van der Waals surface area contributed by atoms with E-state index in [2.05, 4.69) is 71.9 Å². The third-order valence-electron chi connectivity index (χ3n) is 8.21. The first kappa shape index (κ1) is 29.3. The first-order chi connectivity index (χ1) is 17.8. The summed E-state index contributed by atoms with van der Waals surface area (Å²) in [6, 6.07) is 14.8. The van der Waals surface area contributed by atoms with Crippen LogP contribution in [0.15, 0.2) is 42.5 Å². The molecular formula is C34H46O2P+. The lowest BCUT2D eigenvalue weighted by Gasteiger charge is -2.19. The minimum Gasteiger partial charge on any atom is -0.156 e. The van der Waals surface area contributed by atoms with Crippen LogP contribution in [0.1, 0.15) is 98.6 Å². The van der Waals surface area contributed by atoms with E-state index in [1.807, 2.05) is 12.1 Å². The highest BCUT2D eigenvalue weighted by molar-refractivity contribution is 7.47. The molecule has 0 aliphatic rings. The average Bonchev–Trinajstić information content (AvgIpc) is 2.89. The first-order valence-corrected chi connectivity index (χ1v) is 15.5. The maximum Gasteiger partial charge on any atom is 0.546 e. The molecule has 37 heavy (non-hydrogen) atoms. The average molecular weight is 518 g/mol. The van der Waals surface area contributed by atoms with Gasteiger partial charge in [-0.05, 0) is 114 Å². The summed E-state index contributed by atoms with van der Waals surface area (Å²) in [7, 11) is -2.48. The van der Waals surface area contributed by atoms with E-state index in [0.29, 0.717) is 5.30 Å². The lowest BCUT2D eigenvalue weighted by Crippen LogP contribution is -2.07. The molecule has 198 valence electrons. The van der Waals surface area contributed by atoms with Gasteiger partial charge in [0.1, 0.15) is 0 Å². The molecule has 0 aliphatic heterocycles. The Kier molecular flexibility index (Phi) is 11.1. The van der Waals surface area contributed by atoms with Gasteiger partial charge in [-0.25, -0.2) is 0 Å². The Morgan fingerprint density at radius 3 is 1.62 bits per heavy atom. The Balaban J connectivity index is 2.08. The molecule has 0 aliphatic carbocycles. The molecule has 0 radical (unpaired) electrons. The van der Waals surface area contributed by atoms with E-state index in [1.54, 1.807) is 0 Å². The van der Waals surface area contributed by atoms with Crippen molar-refractivity contribution in [2.45, 2.75) is 106 Å². The summed E-state index contributed by atoms with van der Waals surface area (Å²) in [6.45, 7) is 13.3. The van der Waals surface area contributed by atoms with Crippen LogP contribution in [-0.4, -0.2) is 4.89 Å². The summed E-state index contributed by atoms with van der Waals surface area (Å²) in [5.74, 6) is 0. The van der Waals surface area contributed by atoms with Crippen molar-refractivity contribution in [3.63, 3.8) is 0 Å². The van der Waals surface area contributed by atoms with Crippen molar-refractivity contribution < 1.29 is 9.46 Å². The zero-order chi connectivity index (χ0) is 26.9. The van der Waals surface area contributed by atoms with E-state index >= 15 is 0 Å². The zero-order valence-corrected chi connectivity index (χ0v) is 24.8. The standard InChI is InChI=1S/C34H45O2P/c1-7-9-11-13-16-28-20-22-30(26(5)24(28)3)32-18-15-19-33(37(35)36)34(32)31-23-21-29(25(4)27(31)6)17-14-12-10-8-2/h15,18-23H,7-14,16-17H2,1-6H3/p+1. The smallest absolute Gasteiger partial charge is 0.156 e. The highest BCUT2D eigenvalue weighted by Gasteiger charge is 2.28. The minimum atomic E-state index is -2.48. The Morgan fingerprint density at radius 1 is 0.595 bits per heavy atom. The SMILES string of the molecule is CCCCCCc1ccc(-c2cccc([P+](=O)O)c2-c2ccc(CCCCCC)c(C)c2C)c(C)c1C. The lowest BCUT2D eigenvalue weighted by atomic mass is 9.85. The van der Waals surface area contributed by atoms with E-state index in [0.717, 1.165) is 35.1 Å². The molecule has 0 bridgehead atoms. The minimum absolute atomic E-state index is 0.520. The highest BCUT2D eigenvalue weighted by Crippen LogP contribution is 2.40. The van der Waals surface area contributed by atoms with Crippen molar-refractivity contribution in [2.24, 2.45) is 0 Å². The predicted molar refractivity (Wildman–Crippen MR) is 161 cm³/mol. The van der Waals surface area contributed by atoms with Gasteiger partial charge in [-0.1, -0.05) is 88.8 Å². The van der Waals surface area contributed by atoms with Crippen LogP contribution in [0.25, 0.3) is 22.3 Å². The topological polar surface area (TPSA) is 37.3 Å². The molecule has 2 nitrogen and oxygen atoms in total. The molecule has 0 amide bonds. The summed E-state index contributed by atoms with van der Waals surface area (Å²) in [5, 5.41) is 0.520. The second kappa shape index (κ2) is 14.0. The molecule has 0 saturated carbocycles. The van der Waals surface area contributed by atoms with Crippen LogP contribution in [0.3, 0.4) is 0 Å². The van der Waals surface area contributed by atoms with Crippen LogP contribution < -0.4 is 5.30 Å². The Bertz CT molecular complexity index is 1220. The number of hydrogen-bond acceptors (Lipinski definition) is 1. The van der Waals surface area contributed by atoms with Gasteiger partial charge in [0.2, 0.25) is 5.30 Å². The van der Waals surface area contributed by atoms with Crippen LogP contribution in [0.4, 0.5) is 0 Å². The second-order valence-electron chi connectivity index (χ2n) is 10.6. The molecule has 1 unspecified atom stereocenters. The van der Waals surface area contributed by atoms with E-state index < -0.39 is 8.03 Å². The molecule has 0 saturated heterocycles. The summed E-state index contributed by atoms with van der Waals surface area (Å²) < 4.78 is 12.6. The number of benzene rings is 3. The van der Waals surface area contributed by atoms with Crippen molar-refractivity contribution in [2.75, 3.05) is 0 Å². The van der Waals surface area contributed by atoms with E-state index in [1.165, 1.54) is 84.7 Å². The van der Waals surface area contributed by atoms with Crippen LogP contribution >= 0.6 is 8.03 Å². The van der Waals surface area contributed by atoms with Gasteiger partial charge in [0.25, 0.3) is 0 Å². The van der Waals surface area contributed by atoms with Gasteiger partial charge in [-0.3, -0.25) is 0 Å². The van der Waals surface area contributed by atoms with Crippen LogP contribution in [0.2, 0.25) is 0 Å². The molecule has 1 N–H and O–H groups in total. The van der Waals surface area contributed by atoms with E-state index in [-0.39, 0.29) is 0 Å². The monoisotopic (exact) mass is 517 g/mol. The highest BCUT2D eigenvalue weighted by atomic mass is 31.1. The Labute approximate surface area is 226 Å². The zero-order valence-electron chi connectivity index (χ0n) is 23.9. The summed E-state index contributed by atoms with van der Waals surface area (Å²) in [5.41, 5.74) is 12.1. The van der Waals surface area contributed by atoms with Gasteiger partial charge in [0.05, 0.1) is 0 Å². The fourth-order valence-electron chi connectivity index (χ4n) is 5.55. The maximum absolute atomic E-state index is 12.6. The Morgan fingerprint density at radius 2 is 1.11 bits per heavy atom. The molecular weight excluding hydrogens is 471 g/mol. The van der Waals surface area contributed by atoms with Crippen LogP contribution in [-0.2, 0) is 17.4 Å². The quantitative estimate of drug-likeness (QED) is 0.181. The third kappa shape index (κ3) is 6.98. The second-order valence-corrected chi connectivity index (χ2v) is 11.7. The van der Waals surface area contributed by atoms with Crippen LogP contribution in [0.5, 0.6) is 0 Å². The molecule has 0 aromatic heterocycles. The van der Waals surface area contributed by atoms with E-state index in [4.69, 9.17) is 0 Å². The molecule has 0 heterocycles. The van der Waals surface area contributed by atoms with Gasteiger partial charge in [0.15, 0.2) is 0 Å². The molecule has 3 aromatic carbocycles.